The first kappa shape index (κ1) is 12.4. The Morgan fingerprint density at radius 1 is 1.20 bits per heavy atom. The second-order valence-electron chi connectivity index (χ2n) is 4.15. The quantitative estimate of drug-likeness (QED) is 0.785. The molecular weight excluding hydrogens is 256 g/mol. The number of furan rings is 1. The Labute approximate surface area is 115 Å². The van der Waals surface area contributed by atoms with E-state index in [1.807, 2.05) is 37.3 Å². The molecule has 0 unspecified atom stereocenters. The minimum absolute atomic E-state index is 0.256. The van der Waals surface area contributed by atoms with Crippen LogP contribution in [0.25, 0.3) is 22.6 Å². The average molecular weight is 270 g/mol. The number of nitrogens with zero attached hydrogens (tertiary/aromatic N) is 3. The summed E-state index contributed by atoms with van der Waals surface area (Å²) in [5.41, 5.74) is 0.798. The second-order valence-corrected chi connectivity index (χ2v) is 4.15. The molecule has 0 aliphatic heterocycles. The van der Waals surface area contributed by atoms with E-state index in [0.29, 0.717) is 24.1 Å². The largest absolute Gasteiger partial charge is 0.467 e. The van der Waals surface area contributed by atoms with Crippen LogP contribution in [-0.4, -0.2) is 28.6 Å². The van der Waals surface area contributed by atoms with Crippen LogP contribution < -0.4 is 10.1 Å². The predicted octanol–water partition coefficient (Wildman–Crippen LogP) is 2.73. The van der Waals surface area contributed by atoms with Crippen molar-refractivity contribution in [2.24, 2.45) is 0 Å². The molecule has 0 atom stereocenters. The highest BCUT2D eigenvalue weighted by atomic mass is 16.5. The zero-order chi connectivity index (χ0) is 13.9. The van der Waals surface area contributed by atoms with Crippen LogP contribution in [0.15, 0.2) is 34.7 Å². The van der Waals surface area contributed by atoms with Crippen molar-refractivity contribution in [3.8, 4) is 17.6 Å². The normalized spacial score (nSPS) is 10.7. The summed E-state index contributed by atoms with van der Waals surface area (Å²) in [5, 5.41) is 4.05. The number of methoxy groups -OCH3 is 1. The van der Waals surface area contributed by atoms with Crippen LogP contribution in [0.2, 0.25) is 0 Å². The number of rotatable bonds is 4. The third-order valence-electron chi connectivity index (χ3n) is 2.78. The van der Waals surface area contributed by atoms with Gasteiger partial charge in [0.15, 0.2) is 5.76 Å². The molecule has 102 valence electrons. The van der Waals surface area contributed by atoms with Crippen LogP contribution in [0.3, 0.4) is 0 Å². The van der Waals surface area contributed by atoms with Gasteiger partial charge < -0.3 is 14.5 Å². The molecule has 0 aliphatic carbocycles. The molecule has 0 bridgehead atoms. The fourth-order valence-corrected chi connectivity index (χ4v) is 1.89. The van der Waals surface area contributed by atoms with E-state index in [-0.39, 0.29) is 6.01 Å². The fourth-order valence-electron chi connectivity index (χ4n) is 1.89. The van der Waals surface area contributed by atoms with Gasteiger partial charge in [-0.25, -0.2) is 0 Å². The molecule has 20 heavy (non-hydrogen) atoms. The first-order valence-corrected chi connectivity index (χ1v) is 6.33. The lowest BCUT2D eigenvalue weighted by Crippen LogP contribution is -2.06. The van der Waals surface area contributed by atoms with Crippen molar-refractivity contribution >= 4 is 16.9 Å². The number of hydrogen-bond donors (Lipinski definition) is 1. The third kappa shape index (κ3) is 2.27. The molecule has 3 aromatic rings. The van der Waals surface area contributed by atoms with E-state index >= 15 is 0 Å². The standard InChI is InChI=1S/C14H14N4O2/c1-3-15-13-16-12(17-14(18-13)19-2)11-8-9-6-4-5-7-10(9)20-11/h4-8H,3H2,1-2H3,(H,15,16,17,18). The monoisotopic (exact) mass is 270 g/mol. The third-order valence-corrected chi connectivity index (χ3v) is 2.78. The van der Waals surface area contributed by atoms with Crippen LogP contribution in [-0.2, 0) is 0 Å². The molecular formula is C14H14N4O2. The lowest BCUT2D eigenvalue weighted by atomic mass is 10.2. The van der Waals surface area contributed by atoms with Gasteiger partial charge in [0.2, 0.25) is 11.8 Å². The van der Waals surface area contributed by atoms with Crippen molar-refractivity contribution in [1.29, 1.82) is 0 Å². The number of benzene rings is 1. The van der Waals surface area contributed by atoms with Crippen molar-refractivity contribution in [2.45, 2.75) is 6.92 Å². The van der Waals surface area contributed by atoms with Gasteiger partial charge >= 0.3 is 6.01 Å². The van der Waals surface area contributed by atoms with Gasteiger partial charge in [-0.1, -0.05) is 18.2 Å². The topological polar surface area (TPSA) is 73.1 Å². The van der Waals surface area contributed by atoms with Gasteiger partial charge in [0.05, 0.1) is 7.11 Å². The van der Waals surface area contributed by atoms with Crippen molar-refractivity contribution in [1.82, 2.24) is 15.0 Å². The SMILES string of the molecule is CCNc1nc(OC)nc(-c2cc3ccccc3o2)n1. The lowest BCUT2D eigenvalue weighted by molar-refractivity contribution is 0.379. The first-order valence-electron chi connectivity index (χ1n) is 6.33. The zero-order valence-electron chi connectivity index (χ0n) is 11.3. The predicted molar refractivity (Wildman–Crippen MR) is 75.8 cm³/mol. The van der Waals surface area contributed by atoms with E-state index in [2.05, 4.69) is 20.3 Å². The summed E-state index contributed by atoms with van der Waals surface area (Å²) < 4.78 is 10.8. The molecule has 1 N–H and O–H groups in total. The van der Waals surface area contributed by atoms with Crippen LogP contribution in [0, 0.1) is 0 Å². The minimum atomic E-state index is 0.256. The smallest absolute Gasteiger partial charge is 0.321 e. The molecule has 0 aliphatic rings. The molecule has 0 fully saturated rings. The zero-order valence-corrected chi connectivity index (χ0v) is 11.3. The highest BCUT2D eigenvalue weighted by molar-refractivity contribution is 5.81. The van der Waals surface area contributed by atoms with Gasteiger partial charge in [-0.15, -0.1) is 0 Å². The molecule has 2 aromatic heterocycles. The van der Waals surface area contributed by atoms with Crippen molar-refractivity contribution in [3.05, 3.63) is 30.3 Å². The van der Waals surface area contributed by atoms with E-state index < -0.39 is 0 Å². The number of nitrogens with one attached hydrogen (secondary N) is 1. The maximum atomic E-state index is 5.75. The maximum absolute atomic E-state index is 5.75. The summed E-state index contributed by atoms with van der Waals surface area (Å²) >= 11 is 0. The number of hydrogen-bond acceptors (Lipinski definition) is 6. The summed E-state index contributed by atoms with van der Waals surface area (Å²) in [6.45, 7) is 2.68. The summed E-state index contributed by atoms with van der Waals surface area (Å²) in [6, 6.07) is 9.92. The molecule has 0 saturated carbocycles. The maximum Gasteiger partial charge on any atom is 0.321 e. The van der Waals surface area contributed by atoms with E-state index in [1.165, 1.54) is 7.11 Å². The van der Waals surface area contributed by atoms with Gasteiger partial charge in [0.25, 0.3) is 0 Å². The number of anilines is 1. The van der Waals surface area contributed by atoms with Crippen LogP contribution in [0.4, 0.5) is 5.95 Å². The summed E-state index contributed by atoms with van der Waals surface area (Å²) in [5.74, 6) is 1.50. The summed E-state index contributed by atoms with van der Waals surface area (Å²) in [7, 11) is 1.52. The van der Waals surface area contributed by atoms with E-state index in [4.69, 9.17) is 9.15 Å². The van der Waals surface area contributed by atoms with E-state index in [1.54, 1.807) is 0 Å². The van der Waals surface area contributed by atoms with E-state index in [0.717, 1.165) is 11.0 Å². The molecule has 6 nitrogen and oxygen atoms in total. The van der Waals surface area contributed by atoms with Gasteiger partial charge in [-0.3, -0.25) is 0 Å². The Kier molecular flexibility index (Phi) is 3.20. The molecule has 6 heteroatoms. The lowest BCUT2D eigenvalue weighted by Gasteiger charge is -2.04. The summed E-state index contributed by atoms with van der Waals surface area (Å²) in [4.78, 5) is 12.7. The van der Waals surface area contributed by atoms with Crippen LogP contribution >= 0.6 is 0 Å². The highest BCUT2D eigenvalue weighted by Gasteiger charge is 2.12. The Morgan fingerprint density at radius 3 is 2.80 bits per heavy atom. The van der Waals surface area contributed by atoms with Gasteiger partial charge in [-0.2, -0.15) is 15.0 Å². The van der Waals surface area contributed by atoms with E-state index in [9.17, 15) is 0 Å². The number of ether oxygens (including phenoxy) is 1. The first-order chi connectivity index (χ1) is 9.80. The Bertz CT molecular complexity index is 706. The molecule has 0 saturated heterocycles. The van der Waals surface area contributed by atoms with Crippen LogP contribution in [0.1, 0.15) is 6.92 Å². The molecule has 1 aromatic carbocycles. The number of para-hydroxylation sites is 1. The molecule has 2 heterocycles. The summed E-state index contributed by atoms with van der Waals surface area (Å²) in [6.07, 6.45) is 0. The molecule has 3 rings (SSSR count). The average Bonchev–Trinajstić information content (AvgIpc) is 2.91. The van der Waals surface area contributed by atoms with Crippen molar-refractivity contribution in [3.63, 3.8) is 0 Å². The Hall–Kier alpha value is -2.63. The Balaban J connectivity index is 2.09. The fraction of sp³-hybridized carbons (Fsp3) is 0.214. The minimum Gasteiger partial charge on any atom is -0.467 e. The van der Waals surface area contributed by atoms with Gasteiger partial charge in [0, 0.05) is 11.9 Å². The second kappa shape index (κ2) is 5.16. The highest BCUT2D eigenvalue weighted by Crippen LogP contribution is 2.26. The van der Waals surface area contributed by atoms with Gasteiger partial charge in [-0.05, 0) is 19.1 Å². The molecule has 0 radical (unpaired) electrons. The number of fused-ring (bicyclic) bond motifs is 1. The molecule has 0 amide bonds. The molecule has 0 spiro atoms. The van der Waals surface area contributed by atoms with Gasteiger partial charge in [0.1, 0.15) is 5.58 Å². The number of aromatic nitrogens is 3. The van der Waals surface area contributed by atoms with Crippen molar-refractivity contribution < 1.29 is 9.15 Å². The van der Waals surface area contributed by atoms with Crippen LogP contribution in [0.5, 0.6) is 6.01 Å². The Morgan fingerprint density at radius 2 is 2.05 bits per heavy atom. The van der Waals surface area contributed by atoms with Crippen molar-refractivity contribution in [2.75, 3.05) is 19.0 Å².